The standard InChI is InChI=1S/C22H21ClN2O4S/c1-3-29-21-10-5-4-9-20(21)24-22(26)16-7-6-8-18(15-16)25(2)30(27,28)19-13-11-17(23)12-14-19/h4-15H,3H2,1-2H3,(H,24,26). The summed E-state index contributed by atoms with van der Waals surface area (Å²) in [5.41, 5.74) is 1.21. The van der Waals surface area contributed by atoms with Gasteiger partial charge in [-0.2, -0.15) is 0 Å². The van der Waals surface area contributed by atoms with Crippen molar-refractivity contribution in [1.82, 2.24) is 0 Å². The largest absolute Gasteiger partial charge is 0.492 e. The Hall–Kier alpha value is -3.03. The van der Waals surface area contributed by atoms with Crippen LogP contribution in [0, 0.1) is 0 Å². The highest BCUT2D eigenvalue weighted by molar-refractivity contribution is 7.92. The minimum absolute atomic E-state index is 0.106. The Kier molecular flexibility index (Phi) is 6.64. The van der Waals surface area contributed by atoms with Gasteiger partial charge in [0.1, 0.15) is 5.75 Å². The molecule has 0 fully saturated rings. The van der Waals surface area contributed by atoms with Crippen molar-refractivity contribution in [2.45, 2.75) is 11.8 Å². The van der Waals surface area contributed by atoms with Gasteiger partial charge in [0.05, 0.1) is 22.9 Å². The highest BCUT2D eigenvalue weighted by Crippen LogP contribution is 2.26. The van der Waals surface area contributed by atoms with E-state index in [1.807, 2.05) is 13.0 Å². The molecule has 0 atom stereocenters. The van der Waals surface area contributed by atoms with Crippen LogP contribution in [0.4, 0.5) is 11.4 Å². The van der Waals surface area contributed by atoms with Crippen molar-refractivity contribution in [3.63, 3.8) is 0 Å². The van der Waals surface area contributed by atoms with Crippen LogP contribution < -0.4 is 14.4 Å². The van der Waals surface area contributed by atoms with E-state index in [-0.39, 0.29) is 10.8 Å². The molecule has 30 heavy (non-hydrogen) atoms. The Balaban J connectivity index is 1.85. The number of halogens is 1. The van der Waals surface area contributed by atoms with E-state index in [0.29, 0.717) is 34.3 Å². The van der Waals surface area contributed by atoms with Gasteiger partial charge in [0, 0.05) is 17.6 Å². The fraction of sp³-hybridized carbons (Fsp3) is 0.136. The maximum absolute atomic E-state index is 12.9. The molecule has 0 bridgehead atoms. The van der Waals surface area contributed by atoms with Crippen molar-refractivity contribution in [2.24, 2.45) is 0 Å². The average molecular weight is 445 g/mol. The smallest absolute Gasteiger partial charge is 0.264 e. The van der Waals surface area contributed by atoms with Crippen molar-refractivity contribution < 1.29 is 17.9 Å². The van der Waals surface area contributed by atoms with Gasteiger partial charge < -0.3 is 10.1 Å². The summed E-state index contributed by atoms with van der Waals surface area (Å²) in [5, 5.41) is 3.25. The molecule has 8 heteroatoms. The van der Waals surface area contributed by atoms with Crippen LogP contribution in [0.2, 0.25) is 5.02 Å². The second kappa shape index (κ2) is 9.19. The fourth-order valence-corrected chi connectivity index (χ4v) is 4.11. The molecule has 156 valence electrons. The highest BCUT2D eigenvalue weighted by atomic mass is 35.5. The Morgan fingerprint density at radius 2 is 1.73 bits per heavy atom. The summed E-state index contributed by atoms with van der Waals surface area (Å²) in [7, 11) is -2.37. The molecule has 3 rings (SSSR count). The van der Waals surface area contributed by atoms with Gasteiger partial charge >= 0.3 is 0 Å². The van der Waals surface area contributed by atoms with E-state index in [4.69, 9.17) is 16.3 Å². The van der Waals surface area contributed by atoms with Crippen LogP contribution in [-0.2, 0) is 10.0 Å². The molecule has 0 heterocycles. The number of carbonyl (C=O) groups is 1. The maximum atomic E-state index is 12.9. The molecule has 3 aromatic carbocycles. The zero-order chi connectivity index (χ0) is 21.7. The summed E-state index contributed by atoms with van der Waals surface area (Å²) in [6.45, 7) is 2.33. The summed E-state index contributed by atoms with van der Waals surface area (Å²) in [6.07, 6.45) is 0. The number of rotatable bonds is 7. The van der Waals surface area contributed by atoms with E-state index in [9.17, 15) is 13.2 Å². The molecule has 0 saturated carbocycles. The third-order valence-electron chi connectivity index (χ3n) is 4.38. The first-order valence-electron chi connectivity index (χ1n) is 9.20. The minimum atomic E-state index is -3.80. The number of anilines is 2. The number of nitrogens with zero attached hydrogens (tertiary/aromatic N) is 1. The molecular formula is C22H21ClN2O4S. The zero-order valence-corrected chi connectivity index (χ0v) is 18.1. The normalized spacial score (nSPS) is 11.0. The number of hydrogen-bond acceptors (Lipinski definition) is 4. The van der Waals surface area contributed by atoms with Gasteiger partial charge in [-0.1, -0.05) is 29.8 Å². The predicted octanol–water partition coefficient (Wildman–Crippen LogP) is 4.82. The van der Waals surface area contributed by atoms with E-state index in [1.54, 1.807) is 36.4 Å². The molecule has 0 aliphatic rings. The molecule has 0 aromatic heterocycles. The summed E-state index contributed by atoms with van der Waals surface area (Å²) >= 11 is 5.85. The lowest BCUT2D eigenvalue weighted by molar-refractivity contribution is 0.102. The Morgan fingerprint density at radius 1 is 1.03 bits per heavy atom. The summed E-state index contributed by atoms with van der Waals surface area (Å²) in [5.74, 6) is 0.188. The predicted molar refractivity (Wildman–Crippen MR) is 119 cm³/mol. The second-order valence-electron chi connectivity index (χ2n) is 6.36. The average Bonchev–Trinajstić information content (AvgIpc) is 2.75. The number of benzene rings is 3. The monoisotopic (exact) mass is 444 g/mol. The molecule has 0 unspecified atom stereocenters. The molecule has 0 saturated heterocycles. The third-order valence-corrected chi connectivity index (χ3v) is 6.43. The van der Waals surface area contributed by atoms with Crippen molar-refractivity contribution >= 4 is 38.9 Å². The fourth-order valence-electron chi connectivity index (χ4n) is 2.79. The summed E-state index contributed by atoms with van der Waals surface area (Å²) in [6, 6.07) is 19.4. The lowest BCUT2D eigenvalue weighted by Crippen LogP contribution is -2.26. The molecule has 1 N–H and O–H groups in total. The zero-order valence-electron chi connectivity index (χ0n) is 16.5. The van der Waals surface area contributed by atoms with Gasteiger partial charge in [0.2, 0.25) is 0 Å². The van der Waals surface area contributed by atoms with Crippen LogP contribution in [0.25, 0.3) is 0 Å². The van der Waals surface area contributed by atoms with Crippen LogP contribution in [0.3, 0.4) is 0 Å². The molecule has 1 amide bonds. The van der Waals surface area contributed by atoms with E-state index in [0.717, 1.165) is 4.31 Å². The lowest BCUT2D eigenvalue weighted by atomic mass is 10.2. The summed E-state index contributed by atoms with van der Waals surface area (Å²) < 4.78 is 32.4. The van der Waals surface area contributed by atoms with Gasteiger partial charge in [0.25, 0.3) is 15.9 Å². The quantitative estimate of drug-likeness (QED) is 0.567. The highest BCUT2D eigenvalue weighted by Gasteiger charge is 2.22. The second-order valence-corrected chi connectivity index (χ2v) is 8.77. The molecular weight excluding hydrogens is 424 g/mol. The minimum Gasteiger partial charge on any atom is -0.492 e. The van der Waals surface area contributed by atoms with E-state index in [2.05, 4.69) is 5.32 Å². The Labute approximate surface area is 181 Å². The number of para-hydroxylation sites is 2. The number of ether oxygens (including phenoxy) is 1. The van der Waals surface area contributed by atoms with Crippen LogP contribution in [0.15, 0.2) is 77.7 Å². The Bertz CT molecular complexity index is 1150. The van der Waals surface area contributed by atoms with Crippen molar-refractivity contribution in [3.05, 3.63) is 83.4 Å². The van der Waals surface area contributed by atoms with Crippen LogP contribution in [0.1, 0.15) is 17.3 Å². The summed E-state index contributed by atoms with van der Waals surface area (Å²) in [4.78, 5) is 12.9. The van der Waals surface area contributed by atoms with E-state index < -0.39 is 10.0 Å². The molecule has 3 aromatic rings. The molecule has 0 spiro atoms. The molecule has 0 aliphatic carbocycles. The first-order valence-corrected chi connectivity index (χ1v) is 11.0. The molecule has 0 radical (unpaired) electrons. The number of amides is 1. The van der Waals surface area contributed by atoms with Gasteiger partial charge in [-0.15, -0.1) is 0 Å². The lowest BCUT2D eigenvalue weighted by Gasteiger charge is -2.20. The molecule has 0 aliphatic heterocycles. The van der Waals surface area contributed by atoms with Gasteiger partial charge in [-0.05, 0) is 61.5 Å². The topological polar surface area (TPSA) is 75.7 Å². The number of carbonyl (C=O) groups excluding carboxylic acids is 1. The SMILES string of the molecule is CCOc1ccccc1NC(=O)c1cccc(N(C)S(=O)(=O)c2ccc(Cl)cc2)c1. The van der Waals surface area contributed by atoms with Crippen LogP contribution in [-0.4, -0.2) is 28.0 Å². The van der Waals surface area contributed by atoms with Crippen LogP contribution >= 0.6 is 11.6 Å². The van der Waals surface area contributed by atoms with Crippen molar-refractivity contribution in [1.29, 1.82) is 0 Å². The maximum Gasteiger partial charge on any atom is 0.264 e. The number of sulfonamides is 1. The molecule has 6 nitrogen and oxygen atoms in total. The van der Waals surface area contributed by atoms with Crippen molar-refractivity contribution in [3.8, 4) is 5.75 Å². The van der Waals surface area contributed by atoms with E-state index in [1.165, 1.54) is 37.4 Å². The first kappa shape index (κ1) is 21.7. The van der Waals surface area contributed by atoms with Gasteiger partial charge in [-0.3, -0.25) is 9.10 Å². The van der Waals surface area contributed by atoms with Crippen molar-refractivity contribution in [2.75, 3.05) is 23.3 Å². The third kappa shape index (κ3) is 4.75. The number of nitrogens with one attached hydrogen (secondary N) is 1. The van der Waals surface area contributed by atoms with E-state index >= 15 is 0 Å². The number of hydrogen-bond donors (Lipinski definition) is 1. The Morgan fingerprint density at radius 3 is 2.43 bits per heavy atom. The van der Waals surface area contributed by atoms with Gasteiger partial charge in [-0.25, -0.2) is 8.42 Å². The first-order chi connectivity index (χ1) is 14.3. The van der Waals surface area contributed by atoms with Gasteiger partial charge in [0.15, 0.2) is 0 Å². The van der Waals surface area contributed by atoms with Crippen LogP contribution in [0.5, 0.6) is 5.75 Å².